The van der Waals surface area contributed by atoms with Crippen molar-refractivity contribution in [3.63, 3.8) is 0 Å². The molecule has 2 aromatic heterocycles. The van der Waals surface area contributed by atoms with Gasteiger partial charge >= 0.3 is 0 Å². The first kappa shape index (κ1) is 19.3. The smallest absolute Gasteiger partial charge is 0.146 e. The van der Waals surface area contributed by atoms with Crippen molar-refractivity contribution in [1.82, 2.24) is 4.98 Å². The first-order valence-electron chi connectivity index (χ1n) is 10.9. The topological polar surface area (TPSA) is 26.0 Å². The van der Waals surface area contributed by atoms with E-state index in [1.165, 1.54) is 36.6 Å². The zero-order valence-corrected chi connectivity index (χ0v) is 18.2. The molecule has 1 aliphatic rings. The first-order valence-corrected chi connectivity index (χ1v) is 10.9. The second-order valence-corrected chi connectivity index (χ2v) is 9.73. The third-order valence-electron chi connectivity index (χ3n) is 6.90. The van der Waals surface area contributed by atoms with E-state index in [1.54, 1.807) is 13.0 Å². The minimum Gasteiger partial charge on any atom is -0.461 e. The third kappa shape index (κ3) is 3.21. The van der Waals surface area contributed by atoms with E-state index in [9.17, 15) is 4.39 Å². The Kier molecular flexibility index (Phi) is 4.46. The molecule has 0 amide bonds. The molecule has 4 aromatic rings. The molecule has 3 heteroatoms. The van der Waals surface area contributed by atoms with Gasteiger partial charge in [0.1, 0.15) is 17.2 Å². The second-order valence-electron chi connectivity index (χ2n) is 9.73. The predicted molar refractivity (Wildman–Crippen MR) is 121 cm³/mol. The summed E-state index contributed by atoms with van der Waals surface area (Å²) in [6, 6.07) is 12.5. The van der Waals surface area contributed by atoms with Crippen LogP contribution in [0.4, 0.5) is 4.39 Å². The highest BCUT2D eigenvalue weighted by Crippen LogP contribution is 2.43. The van der Waals surface area contributed by atoms with Crippen LogP contribution in [0.1, 0.15) is 62.3 Å². The number of aryl methyl sites for hydroxylation is 2. The average molecular weight is 402 g/mol. The molecule has 1 saturated carbocycles. The van der Waals surface area contributed by atoms with Crippen LogP contribution in [0.15, 0.2) is 47.0 Å². The summed E-state index contributed by atoms with van der Waals surface area (Å²) in [7, 11) is 0. The lowest BCUT2D eigenvalue weighted by Gasteiger charge is -2.34. The van der Waals surface area contributed by atoms with Crippen LogP contribution in [-0.4, -0.2) is 4.98 Å². The van der Waals surface area contributed by atoms with Gasteiger partial charge in [-0.15, -0.1) is 0 Å². The lowest BCUT2D eigenvalue weighted by atomic mass is 9.71. The van der Waals surface area contributed by atoms with Gasteiger partial charge in [-0.25, -0.2) is 4.39 Å². The number of furan rings is 1. The maximum absolute atomic E-state index is 14.7. The van der Waals surface area contributed by atoms with Crippen LogP contribution in [0, 0.1) is 25.1 Å². The van der Waals surface area contributed by atoms with Crippen LogP contribution in [-0.2, 0) is 0 Å². The SMILES string of the molecule is Cc1cc2c(F)c(C)cc(-c3nccc4cc(C5CCC(C)(C)CC5)ccc34)c2o1. The van der Waals surface area contributed by atoms with Crippen molar-refractivity contribution < 1.29 is 8.81 Å². The highest BCUT2D eigenvalue weighted by atomic mass is 19.1. The van der Waals surface area contributed by atoms with Crippen LogP contribution < -0.4 is 0 Å². The van der Waals surface area contributed by atoms with Gasteiger partial charge in [0, 0.05) is 17.1 Å². The molecule has 0 N–H and O–H groups in total. The summed E-state index contributed by atoms with van der Waals surface area (Å²) in [5, 5.41) is 2.79. The van der Waals surface area contributed by atoms with Crippen molar-refractivity contribution >= 4 is 21.7 Å². The van der Waals surface area contributed by atoms with E-state index in [0.29, 0.717) is 33.6 Å². The highest BCUT2D eigenvalue weighted by Gasteiger charge is 2.27. The van der Waals surface area contributed by atoms with E-state index in [4.69, 9.17) is 4.42 Å². The summed E-state index contributed by atoms with van der Waals surface area (Å²) in [6.45, 7) is 8.41. The van der Waals surface area contributed by atoms with E-state index >= 15 is 0 Å². The van der Waals surface area contributed by atoms with Crippen LogP contribution >= 0.6 is 0 Å². The van der Waals surface area contributed by atoms with Crippen molar-refractivity contribution in [2.75, 3.05) is 0 Å². The number of rotatable bonds is 2. The Labute approximate surface area is 177 Å². The minimum absolute atomic E-state index is 0.214. The van der Waals surface area contributed by atoms with Gasteiger partial charge in [0.05, 0.1) is 11.1 Å². The maximum Gasteiger partial charge on any atom is 0.146 e. The van der Waals surface area contributed by atoms with Crippen molar-refractivity contribution in [3.8, 4) is 11.3 Å². The molecule has 1 fully saturated rings. The van der Waals surface area contributed by atoms with Gasteiger partial charge in [-0.1, -0.05) is 32.0 Å². The molecule has 1 aliphatic carbocycles. The van der Waals surface area contributed by atoms with E-state index in [0.717, 1.165) is 16.6 Å². The summed E-state index contributed by atoms with van der Waals surface area (Å²) < 4.78 is 20.6. The molecule has 0 aliphatic heterocycles. The Morgan fingerprint density at radius 1 is 1.00 bits per heavy atom. The van der Waals surface area contributed by atoms with Crippen LogP contribution in [0.5, 0.6) is 0 Å². The average Bonchev–Trinajstić information content (AvgIpc) is 3.12. The lowest BCUT2D eigenvalue weighted by Crippen LogP contribution is -2.20. The van der Waals surface area contributed by atoms with Gasteiger partial charge in [0.15, 0.2) is 0 Å². The maximum atomic E-state index is 14.7. The fourth-order valence-corrected chi connectivity index (χ4v) is 5.01. The number of halogens is 1. The summed E-state index contributed by atoms with van der Waals surface area (Å²) in [5.41, 5.74) is 4.79. The number of nitrogens with zero attached hydrogens (tertiary/aromatic N) is 1. The first-order chi connectivity index (χ1) is 14.3. The number of hydrogen-bond acceptors (Lipinski definition) is 2. The van der Waals surface area contributed by atoms with E-state index < -0.39 is 0 Å². The van der Waals surface area contributed by atoms with E-state index in [-0.39, 0.29) is 5.82 Å². The minimum atomic E-state index is -0.214. The molecule has 0 bridgehead atoms. The number of pyridine rings is 1. The van der Waals surface area contributed by atoms with Crippen LogP contribution in [0.2, 0.25) is 0 Å². The summed E-state index contributed by atoms with van der Waals surface area (Å²) in [4.78, 5) is 4.69. The summed E-state index contributed by atoms with van der Waals surface area (Å²) in [6.07, 6.45) is 6.91. The Balaban J connectivity index is 1.62. The summed E-state index contributed by atoms with van der Waals surface area (Å²) >= 11 is 0. The Bertz CT molecular complexity index is 1260. The molecule has 5 rings (SSSR count). The monoisotopic (exact) mass is 401 g/mol. The molecule has 0 spiro atoms. The molecule has 0 radical (unpaired) electrons. The fraction of sp³-hybridized carbons (Fsp3) is 0.370. The zero-order chi connectivity index (χ0) is 21.0. The van der Waals surface area contributed by atoms with Gasteiger partial charge in [-0.3, -0.25) is 4.98 Å². The standard InChI is InChI=1S/C27H28FNO/c1-16-13-23(26-22(24(16)28)14-17(2)30-26)25-21-6-5-19(15-20(21)9-12-29-25)18-7-10-27(3,4)11-8-18/h5-6,9,12-15,18H,7-8,10-11H2,1-4H3. The Hall–Kier alpha value is -2.68. The van der Waals surface area contributed by atoms with Gasteiger partial charge in [-0.2, -0.15) is 0 Å². The molecule has 2 heterocycles. The number of benzene rings is 2. The van der Waals surface area contributed by atoms with E-state index in [2.05, 4.69) is 43.1 Å². The van der Waals surface area contributed by atoms with Crippen LogP contribution in [0.25, 0.3) is 33.0 Å². The van der Waals surface area contributed by atoms with E-state index in [1.807, 2.05) is 19.2 Å². The Morgan fingerprint density at radius 2 is 1.77 bits per heavy atom. The quantitative estimate of drug-likeness (QED) is 0.339. The third-order valence-corrected chi connectivity index (χ3v) is 6.90. The van der Waals surface area contributed by atoms with Crippen LogP contribution in [0.3, 0.4) is 0 Å². The second kappa shape index (κ2) is 6.94. The van der Waals surface area contributed by atoms with Gasteiger partial charge in [0.2, 0.25) is 0 Å². The largest absolute Gasteiger partial charge is 0.461 e. The summed E-state index contributed by atoms with van der Waals surface area (Å²) in [5.74, 6) is 1.12. The van der Waals surface area contributed by atoms with Gasteiger partial charge in [0.25, 0.3) is 0 Å². The number of hydrogen-bond donors (Lipinski definition) is 0. The molecule has 30 heavy (non-hydrogen) atoms. The lowest BCUT2D eigenvalue weighted by molar-refractivity contribution is 0.224. The van der Waals surface area contributed by atoms with Gasteiger partial charge in [-0.05, 0) is 85.6 Å². The van der Waals surface area contributed by atoms with Crippen molar-refractivity contribution in [1.29, 1.82) is 0 Å². The van der Waals surface area contributed by atoms with Gasteiger partial charge < -0.3 is 4.42 Å². The molecule has 0 unspecified atom stereocenters. The number of aromatic nitrogens is 1. The molecular weight excluding hydrogens is 373 g/mol. The molecule has 2 aromatic carbocycles. The molecular formula is C27H28FNO. The van der Waals surface area contributed by atoms with Crippen molar-refractivity contribution in [3.05, 3.63) is 65.3 Å². The number of fused-ring (bicyclic) bond motifs is 2. The van der Waals surface area contributed by atoms with Crippen molar-refractivity contribution in [2.45, 2.75) is 59.3 Å². The fourth-order valence-electron chi connectivity index (χ4n) is 5.01. The molecule has 0 saturated heterocycles. The zero-order valence-electron chi connectivity index (χ0n) is 18.2. The highest BCUT2D eigenvalue weighted by molar-refractivity contribution is 6.02. The normalized spacial score (nSPS) is 17.1. The predicted octanol–water partition coefficient (Wildman–Crippen LogP) is 8.09. The molecule has 2 nitrogen and oxygen atoms in total. The molecule has 154 valence electrons. The van der Waals surface area contributed by atoms with Crippen molar-refractivity contribution in [2.24, 2.45) is 5.41 Å². The molecule has 0 atom stereocenters. The Morgan fingerprint density at radius 3 is 2.53 bits per heavy atom.